The number of rotatable bonds is 5. The second-order valence-electron chi connectivity index (χ2n) is 12.9. The zero-order valence-corrected chi connectivity index (χ0v) is 39.6. The van der Waals surface area contributed by atoms with Crippen LogP contribution in [0.2, 0.25) is 0 Å². The number of hydrogen-bond donors (Lipinski definition) is 5. The van der Waals surface area contributed by atoms with Crippen molar-refractivity contribution in [2.75, 3.05) is 17.7 Å². The summed E-state index contributed by atoms with van der Waals surface area (Å²) in [5, 5.41) is 66.6. The molecule has 6 N–H and O–H groups in total. The summed E-state index contributed by atoms with van der Waals surface area (Å²) in [6.45, 7) is 7.49. The molecule has 25 heteroatoms. The number of nitrogens with two attached hydrogens (primary N) is 1. The van der Waals surface area contributed by atoms with E-state index in [1.54, 1.807) is 67.5 Å². The summed E-state index contributed by atoms with van der Waals surface area (Å²) < 4.78 is 9.24. The number of nitrogen functional groups attached to an aromatic ring is 1. The molecule has 0 spiro atoms. The third-order valence-electron chi connectivity index (χ3n) is 7.93. The molecule has 73 heavy (non-hydrogen) atoms. The fourth-order valence-electron chi connectivity index (χ4n) is 5.01. The van der Waals surface area contributed by atoms with Crippen molar-refractivity contribution in [2.24, 2.45) is 0 Å². The Labute approximate surface area is 417 Å². The smallest absolute Gasteiger partial charge is 0.360 e. The number of aliphatic carboxylic acids is 1. The average Bonchev–Trinajstić information content (AvgIpc) is 3.36. The molecule has 0 aliphatic carbocycles. The van der Waals surface area contributed by atoms with Crippen LogP contribution >= 0.6 is 8.46 Å². The number of aromatic nitrogens is 6. The maximum Gasteiger partial charge on any atom is 0.360 e. The predicted molar refractivity (Wildman–Crippen MR) is 274 cm³/mol. The van der Waals surface area contributed by atoms with Crippen LogP contribution in [-0.4, -0.2) is 58.4 Å². The van der Waals surface area contributed by atoms with Gasteiger partial charge in [-0.1, -0.05) is 81.9 Å². The number of H-pyrrole nitrogens is 2. The molecule has 3 aromatic heterocycles. The number of nitro groups is 2. The van der Waals surface area contributed by atoms with E-state index in [4.69, 9.17) is 31.2 Å². The number of amides is 1. The minimum absolute atomic E-state index is 0. The third-order valence-corrected chi connectivity index (χ3v) is 7.93. The highest BCUT2D eigenvalue weighted by Gasteiger charge is 2.15. The van der Waals surface area contributed by atoms with Gasteiger partial charge in [-0.15, -0.1) is 4.73 Å². The van der Waals surface area contributed by atoms with Crippen molar-refractivity contribution in [1.82, 2.24) is 24.9 Å². The normalized spacial score (nSPS) is 9.00. The van der Waals surface area contributed by atoms with Crippen LogP contribution in [0.5, 0.6) is 0 Å². The molecule has 376 valence electrons. The SMILES string of the molecule is C.CC.CP=O.Cc1cnc2ccccc2n1.N#CCC(=O)Nc1ccccc1[N+](=O)[O-].N#CCC(=O)O.N#Cc1c(=O)[nH]c2ccccc2[n+]1[O-].Nc1ccccc1[N+](=O)[O-].O=c1cnc2ccccc2[nH]1. The van der Waals surface area contributed by atoms with E-state index in [-0.39, 0.29) is 56.1 Å². The monoisotopic (exact) mass is 1010 g/mol. The van der Waals surface area contributed by atoms with Gasteiger partial charge in [0.2, 0.25) is 11.4 Å². The van der Waals surface area contributed by atoms with Crippen LogP contribution in [0.1, 0.15) is 45.5 Å². The van der Waals surface area contributed by atoms with Crippen LogP contribution in [0.3, 0.4) is 0 Å². The van der Waals surface area contributed by atoms with E-state index in [1.807, 2.05) is 69.3 Å². The number of aromatic amines is 2. The first-order chi connectivity index (χ1) is 34.5. The third kappa shape index (κ3) is 22.5. The van der Waals surface area contributed by atoms with Crippen LogP contribution in [-0.2, 0) is 14.2 Å². The van der Waals surface area contributed by atoms with Crippen LogP contribution in [0.4, 0.5) is 22.7 Å². The van der Waals surface area contributed by atoms with Gasteiger partial charge in [-0.2, -0.15) is 15.8 Å². The molecule has 0 unspecified atom stereocenters. The van der Waals surface area contributed by atoms with Gasteiger partial charge in [0, 0.05) is 31.1 Å². The van der Waals surface area contributed by atoms with Crippen molar-refractivity contribution in [2.45, 2.75) is 41.0 Å². The molecule has 3 heterocycles. The van der Waals surface area contributed by atoms with Gasteiger partial charge in [-0.05, 0) is 49.4 Å². The number of carbonyl (C=O) groups excluding carboxylic acids is 1. The fourth-order valence-corrected chi connectivity index (χ4v) is 5.01. The lowest BCUT2D eigenvalue weighted by atomic mass is 10.2. The quantitative estimate of drug-likeness (QED) is 0.0271. The second-order valence-corrected chi connectivity index (χ2v) is 13.2. The topological polar surface area (TPSA) is 398 Å². The van der Waals surface area contributed by atoms with E-state index in [0.29, 0.717) is 10.2 Å². The zero-order chi connectivity index (χ0) is 54.0. The Hall–Kier alpha value is -10.4. The number of carboxylic acid groups (broad SMARTS) is 1. The standard InChI is InChI=1S/C9H7N3O3.C9H5N3O2.C9H8N2.C8H6N2O.C6H6N2O2.C3H3NO2.C2H6.CH3OP.CH4/c10-6-5-9(13)11-7-3-1-2-4-8(7)12(14)15;10-5-8-9(13)11-6-3-1-2-4-7(6)12(8)14;1-7-6-10-8-4-2-3-5-9(8)11-7;11-8-5-9-6-3-1-2-4-7(6)10-8;7-5-3-1-2-4-6(5)8(9)10;4-2-1-3(5)6;1-2;1-3-2;/h1-4H,5H2,(H,11,13);1-4H,(H,11,13);2-6H,1H3;1-5H,(H,10,11);1-4H,7H2;1H2,(H,5,6);1-2H3;1H3;1H4. The van der Waals surface area contributed by atoms with Gasteiger partial charge in [0.25, 0.3) is 16.9 Å². The first-order valence-corrected chi connectivity index (χ1v) is 21.7. The number of benzene rings is 5. The number of aryl methyl sites for hydroxylation is 1. The Morgan fingerprint density at radius 2 is 1.25 bits per heavy atom. The van der Waals surface area contributed by atoms with Crippen molar-refractivity contribution < 1.29 is 33.8 Å². The molecule has 0 saturated carbocycles. The number of nitrogens with zero attached hydrogens (tertiary/aromatic N) is 9. The van der Waals surface area contributed by atoms with E-state index in [2.05, 4.69) is 30.2 Å². The number of nitrogens with one attached hydrogen (secondary N) is 3. The molecule has 0 radical (unpaired) electrons. The van der Waals surface area contributed by atoms with E-state index in [1.165, 1.54) is 42.6 Å². The minimum atomic E-state index is -1.07. The summed E-state index contributed by atoms with van der Waals surface area (Å²) in [7, 11) is 0.167. The van der Waals surface area contributed by atoms with Crippen LogP contribution in [0.15, 0.2) is 143 Å². The molecule has 5 aromatic carbocycles. The molecule has 24 nitrogen and oxygen atoms in total. The Morgan fingerprint density at radius 3 is 1.78 bits per heavy atom. The van der Waals surface area contributed by atoms with E-state index in [0.717, 1.165) is 27.8 Å². The summed E-state index contributed by atoms with van der Waals surface area (Å²) in [5.41, 5.74) is 9.26. The maximum absolute atomic E-state index is 11.5. The van der Waals surface area contributed by atoms with Gasteiger partial charge in [0.05, 0.1) is 55.9 Å². The molecular formula is C48H48N13O11P. The van der Waals surface area contributed by atoms with Gasteiger partial charge in [-0.25, -0.2) is 9.97 Å². The molecule has 0 aliphatic heterocycles. The van der Waals surface area contributed by atoms with E-state index >= 15 is 0 Å². The van der Waals surface area contributed by atoms with Crippen molar-refractivity contribution >= 4 is 76.2 Å². The highest BCUT2D eigenvalue weighted by atomic mass is 31.1. The summed E-state index contributed by atoms with van der Waals surface area (Å²) in [5.74, 6) is -1.63. The maximum atomic E-state index is 11.5. The van der Waals surface area contributed by atoms with Crippen molar-refractivity contribution in [3.05, 3.63) is 191 Å². The highest BCUT2D eigenvalue weighted by molar-refractivity contribution is 7.22. The van der Waals surface area contributed by atoms with Crippen LogP contribution < -0.4 is 26.9 Å². The molecule has 1 amide bonds. The number of carboxylic acids is 1. The van der Waals surface area contributed by atoms with Gasteiger partial charge in [0.1, 0.15) is 29.7 Å². The van der Waals surface area contributed by atoms with Gasteiger partial charge in [0.15, 0.2) is 14.5 Å². The van der Waals surface area contributed by atoms with Crippen LogP contribution in [0.25, 0.3) is 33.1 Å². The highest BCUT2D eigenvalue weighted by Crippen LogP contribution is 2.23. The van der Waals surface area contributed by atoms with E-state index < -0.39 is 39.4 Å². The Morgan fingerprint density at radius 1 is 0.753 bits per heavy atom. The lowest BCUT2D eigenvalue weighted by Crippen LogP contribution is -2.38. The first kappa shape index (κ1) is 62.6. The fraction of sp³-hybridized carbons (Fsp3) is 0.146. The lowest BCUT2D eigenvalue weighted by Gasteiger charge is -2.02. The average molecular weight is 1010 g/mol. The Bertz CT molecular complexity index is 3350. The van der Waals surface area contributed by atoms with Gasteiger partial charge in [-0.3, -0.25) is 49.0 Å². The molecule has 8 rings (SSSR count). The van der Waals surface area contributed by atoms with Crippen molar-refractivity contribution in [3.8, 4) is 18.2 Å². The second kappa shape index (κ2) is 34.8. The number of para-hydroxylation sites is 10. The predicted octanol–water partition coefficient (Wildman–Crippen LogP) is 8.07. The largest absolute Gasteiger partial charge is 0.617 e. The Kier molecular flexibility index (Phi) is 29.9. The summed E-state index contributed by atoms with van der Waals surface area (Å²) in [6.07, 6.45) is 2.33. The molecular weight excluding hydrogens is 966 g/mol. The van der Waals surface area contributed by atoms with Gasteiger partial charge >= 0.3 is 17.2 Å². The van der Waals surface area contributed by atoms with Gasteiger partial charge < -0.3 is 31.3 Å². The summed E-state index contributed by atoms with van der Waals surface area (Å²) >= 11 is 0. The Balaban J connectivity index is 0.000000847. The molecule has 0 fully saturated rings. The van der Waals surface area contributed by atoms with Crippen molar-refractivity contribution in [1.29, 1.82) is 15.8 Å². The number of fused-ring (bicyclic) bond motifs is 3. The number of hydrogen-bond acceptors (Lipinski definition) is 17. The number of nitriles is 3. The zero-order valence-electron chi connectivity index (χ0n) is 38.7. The molecule has 0 aliphatic rings. The number of nitro benzene ring substituents is 2. The summed E-state index contributed by atoms with van der Waals surface area (Å²) in [4.78, 5) is 79.5. The van der Waals surface area contributed by atoms with Crippen LogP contribution in [0, 0.1) is 66.4 Å². The molecule has 0 atom stereocenters. The molecule has 8 aromatic rings. The van der Waals surface area contributed by atoms with Crippen molar-refractivity contribution in [3.63, 3.8) is 0 Å². The minimum Gasteiger partial charge on any atom is -0.617 e. The molecule has 0 bridgehead atoms. The van der Waals surface area contributed by atoms with E-state index in [9.17, 15) is 44.6 Å². The number of anilines is 2. The summed E-state index contributed by atoms with van der Waals surface area (Å²) in [6, 6.07) is 38.3. The number of carbonyl (C=O) groups is 2. The lowest BCUT2D eigenvalue weighted by molar-refractivity contribution is -0.581. The first-order valence-electron chi connectivity index (χ1n) is 20.5. The molecule has 0 saturated heterocycles.